The summed E-state index contributed by atoms with van der Waals surface area (Å²) in [4.78, 5) is 0. The van der Waals surface area contributed by atoms with E-state index in [1.165, 1.54) is 27.9 Å². The summed E-state index contributed by atoms with van der Waals surface area (Å²) in [6.07, 6.45) is 2.15. The molecule has 0 saturated heterocycles. The first kappa shape index (κ1) is 13.5. The molecule has 2 aliphatic rings. The molecular formula is C16H22INO. The van der Waals surface area contributed by atoms with Crippen LogP contribution in [0.4, 0.5) is 5.69 Å². The molecule has 19 heavy (non-hydrogen) atoms. The standard InChI is InChI=1S/C16H22INO/c1-9-10(2)14-12(7-16(5,8-17)19-14)11-6-15(3,4)18-13(9)11/h18H,6-8H2,1-5H3. The number of halogens is 1. The summed E-state index contributed by atoms with van der Waals surface area (Å²) in [5, 5.41) is 3.70. The van der Waals surface area contributed by atoms with Crippen molar-refractivity contribution in [2.24, 2.45) is 0 Å². The lowest BCUT2D eigenvalue weighted by molar-refractivity contribution is 0.146. The van der Waals surface area contributed by atoms with Gasteiger partial charge in [-0.25, -0.2) is 0 Å². The van der Waals surface area contributed by atoms with Crippen LogP contribution < -0.4 is 10.1 Å². The molecule has 2 heterocycles. The molecule has 2 nitrogen and oxygen atoms in total. The fourth-order valence-electron chi connectivity index (χ4n) is 3.34. The summed E-state index contributed by atoms with van der Waals surface area (Å²) >= 11 is 2.44. The zero-order valence-corrected chi connectivity index (χ0v) is 14.6. The minimum Gasteiger partial charge on any atom is -0.486 e. The van der Waals surface area contributed by atoms with Crippen molar-refractivity contribution in [1.82, 2.24) is 0 Å². The first-order valence-corrected chi connectivity index (χ1v) is 8.47. The number of ether oxygens (including phenoxy) is 1. The van der Waals surface area contributed by atoms with Crippen LogP contribution in [0.25, 0.3) is 0 Å². The topological polar surface area (TPSA) is 21.3 Å². The second-order valence-electron chi connectivity index (χ2n) is 6.96. The number of benzene rings is 1. The summed E-state index contributed by atoms with van der Waals surface area (Å²) in [5.74, 6) is 1.16. The van der Waals surface area contributed by atoms with Gasteiger partial charge in [0.15, 0.2) is 0 Å². The van der Waals surface area contributed by atoms with E-state index in [1.54, 1.807) is 0 Å². The zero-order chi connectivity index (χ0) is 14.0. The third-order valence-electron chi connectivity index (χ3n) is 4.48. The van der Waals surface area contributed by atoms with Crippen molar-refractivity contribution in [3.63, 3.8) is 0 Å². The highest BCUT2D eigenvalue weighted by molar-refractivity contribution is 14.1. The maximum atomic E-state index is 6.31. The average Bonchev–Trinajstić information content (AvgIpc) is 2.85. The van der Waals surface area contributed by atoms with E-state index in [2.05, 4.69) is 62.5 Å². The van der Waals surface area contributed by atoms with Gasteiger partial charge in [0.25, 0.3) is 0 Å². The van der Waals surface area contributed by atoms with Gasteiger partial charge in [-0.3, -0.25) is 0 Å². The third kappa shape index (κ3) is 1.96. The number of hydrogen-bond acceptors (Lipinski definition) is 2. The van der Waals surface area contributed by atoms with Crippen molar-refractivity contribution >= 4 is 28.3 Å². The number of fused-ring (bicyclic) bond motifs is 3. The Bertz CT molecular complexity index is 565. The number of hydrogen-bond donors (Lipinski definition) is 1. The van der Waals surface area contributed by atoms with E-state index in [0.717, 1.165) is 23.0 Å². The van der Waals surface area contributed by atoms with Crippen LogP contribution in [0.1, 0.15) is 43.0 Å². The van der Waals surface area contributed by atoms with Gasteiger partial charge >= 0.3 is 0 Å². The summed E-state index contributed by atoms with van der Waals surface area (Å²) in [6, 6.07) is 0. The highest BCUT2D eigenvalue weighted by Crippen LogP contribution is 2.49. The quantitative estimate of drug-likeness (QED) is 0.591. The lowest BCUT2D eigenvalue weighted by Gasteiger charge is -2.22. The molecule has 104 valence electrons. The van der Waals surface area contributed by atoms with Gasteiger partial charge in [0.05, 0.1) is 0 Å². The van der Waals surface area contributed by atoms with E-state index in [0.29, 0.717) is 0 Å². The molecule has 1 atom stereocenters. The van der Waals surface area contributed by atoms with Gasteiger partial charge in [-0.2, -0.15) is 0 Å². The Morgan fingerprint density at radius 2 is 1.79 bits per heavy atom. The Kier molecular flexibility index (Phi) is 2.87. The highest BCUT2D eigenvalue weighted by atomic mass is 127. The van der Waals surface area contributed by atoms with Crippen molar-refractivity contribution in [2.45, 2.75) is 58.6 Å². The summed E-state index contributed by atoms with van der Waals surface area (Å²) in [5.41, 5.74) is 7.12. The smallest absolute Gasteiger partial charge is 0.127 e. The van der Waals surface area contributed by atoms with Crippen molar-refractivity contribution in [3.8, 4) is 5.75 Å². The number of alkyl halides is 1. The lowest BCUT2D eigenvalue weighted by atomic mass is 9.90. The van der Waals surface area contributed by atoms with E-state index in [9.17, 15) is 0 Å². The Morgan fingerprint density at radius 3 is 2.42 bits per heavy atom. The van der Waals surface area contributed by atoms with E-state index in [1.807, 2.05) is 0 Å². The first-order valence-electron chi connectivity index (χ1n) is 6.94. The van der Waals surface area contributed by atoms with Gasteiger partial charge in [-0.1, -0.05) is 22.6 Å². The molecule has 0 amide bonds. The fraction of sp³-hybridized carbons (Fsp3) is 0.625. The van der Waals surface area contributed by atoms with Gasteiger partial charge in [0.1, 0.15) is 11.4 Å². The summed E-state index contributed by atoms with van der Waals surface area (Å²) < 4.78 is 7.34. The molecule has 0 aromatic heterocycles. The van der Waals surface area contributed by atoms with E-state index < -0.39 is 0 Å². The van der Waals surface area contributed by atoms with Gasteiger partial charge in [-0.15, -0.1) is 0 Å². The third-order valence-corrected chi connectivity index (χ3v) is 6.10. The van der Waals surface area contributed by atoms with Crippen LogP contribution >= 0.6 is 22.6 Å². The number of nitrogens with one attached hydrogen (secondary N) is 1. The van der Waals surface area contributed by atoms with Crippen LogP contribution in [-0.2, 0) is 12.8 Å². The molecule has 0 spiro atoms. The Labute approximate surface area is 129 Å². The predicted molar refractivity (Wildman–Crippen MR) is 88.9 cm³/mol. The van der Waals surface area contributed by atoms with Crippen molar-refractivity contribution < 1.29 is 4.74 Å². The second-order valence-corrected chi connectivity index (χ2v) is 7.72. The minimum atomic E-state index is -0.0258. The van der Waals surface area contributed by atoms with Crippen LogP contribution in [0.15, 0.2) is 0 Å². The highest BCUT2D eigenvalue weighted by Gasteiger charge is 2.41. The van der Waals surface area contributed by atoms with Crippen LogP contribution in [0.2, 0.25) is 0 Å². The van der Waals surface area contributed by atoms with Crippen LogP contribution in [-0.4, -0.2) is 15.6 Å². The number of anilines is 1. The average molecular weight is 371 g/mol. The van der Waals surface area contributed by atoms with Gasteiger partial charge in [0.2, 0.25) is 0 Å². The Morgan fingerprint density at radius 1 is 1.11 bits per heavy atom. The maximum Gasteiger partial charge on any atom is 0.127 e. The van der Waals surface area contributed by atoms with Gasteiger partial charge < -0.3 is 10.1 Å². The van der Waals surface area contributed by atoms with E-state index in [4.69, 9.17) is 4.74 Å². The minimum absolute atomic E-state index is 0.0258. The molecule has 0 saturated carbocycles. The van der Waals surface area contributed by atoms with Gasteiger partial charge in [-0.05, 0) is 57.7 Å². The van der Waals surface area contributed by atoms with Crippen molar-refractivity contribution in [3.05, 3.63) is 22.3 Å². The zero-order valence-electron chi connectivity index (χ0n) is 12.4. The SMILES string of the molecule is Cc1c(C)c2c(c3c1NC(C)(C)C3)CC(C)(CI)O2. The molecule has 0 fully saturated rings. The lowest BCUT2D eigenvalue weighted by Crippen LogP contribution is -2.32. The Balaban J connectivity index is 2.19. The molecule has 0 bridgehead atoms. The van der Waals surface area contributed by atoms with Crippen molar-refractivity contribution in [1.29, 1.82) is 0 Å². The molecule has 0 radical (unpaired) electrons. The Hall–Kier alpha value is -0.450. The van der Waals surface area contributed by atoms with E-state index >= 15 is 0 Å². The molecule has 0 aliphatic carbocycles. The second kappa shape index (κ2) is 4.03. The first-order chi connectivity index (χ1) is 8.76. The van der Waals surface area contributed by atoms with Crippen LogP contribution in [0.3, 0.4) is 0 Å². The van der Waals surface area contributed by atoms with Crippen LogP contribution in [0.5, 0.6) is 5.75 Å². The molecule has 1 unspecified atom stereocenters. The molecule has 3 rings (SSSR count). The summed E-state index contributed by atoms with van der Waals surface area (Å²) in [7, 11) is 0. The fourth-order valence-corrected chi connectivity index (χ4v) is 3.77. The normalized spacial score (nSPS) is 26.6. The van der Waals surface area contributed by atoms with Crippen LogP contribution in [0, 0.1) is 13.8 Å². The number of rotatable bonds is 1. The predicted octanol–water partition coefficient (Wildman–Crippen LogP) is 4.18. The largest absolute Gasteiger partial charge is 0.486 e. The molecule has 1 aromatic carbocycles. The monoisotopic (exact) mass is 371 g/mol. The molecule has 1 N–H and O–H groups in total. The summed E-state index contributed by atoms with van der Waals surface area (Å²) in [6.45, 7) is 11.2. The molecule has 2 aliphatic heterocycles. The van der Waals surface area contributed by atoms with Gasteiger partial charge in [0, 0.05) is 27.6 Å². The molecular weight excluding hydrogens is 349 g/mol. The molecule has 3 heteroatoms. The molecule has 1 aromatic rings. The maximum absolute atomic E-state index is 6.31. The van der Waals surface area contributed by atoms with E-state index in [-0.39, 0.29) is 11.1 Å². The van der Waals surface area contributed by atoms with Crippen molar-refractivity contribution in [2.75, 3.05) is 9.74 Å².